The number of amides is 1. The largest absolute Gasteiger partial charge is 0.497 e. The van der Waals surface area contributed by atoms with Crippen molar-refractivity contribution in [3.05, 3.63) is 48.0 Å². The van der Waals surface area contributed by atoms with Crippen molar-refractivity contribution < 1.29 is 13.7 Å². The van der Waals surface area contributed by atoms with Gasteiger partial charge in [0, 0.05) is 19.4 Å². The molecular weight excluding hydrogens is 362 g/mol. The van der Waals surface area contributed by atoms with Gasteiger partial charge in [-0.2, -0.15) is 0 Å². The summed E-state index contributed by atoms with van der Waals surface area (Å²) < 4.78 is 11.0. The van der Waals surface area contributed by atoms with Gasteiger partial charge < -0.3 is 14.7 Å². The number of nitrogens with two attached hydrogens (primary N) is 1. The molecule has 0 bridgehead atoms. The number of aliphatic imine (C=N–C) groups is 1. The number of benzene rings is 2. The summed E-state index contributed by atoms with van der Waals surface area (Å²) in [5, 5.41) is 0. The van der Waals surface area contributed by atoms with Crippen LogP contribution >= 0.6 is 12.0 Å². The van der Waals surface area contributed by atoms with Crippen molar-refractivity contribution in [3.63, 3.8) is 0 Å². The van der Waals surface area contributed by atoms with Crippen LogP contribution in [0, 0.1) is 0 Å². The van der Waals surface area contributed by atoms with Crippen LogP contribution in [0.5, 0.6) is 11.5 Å². The van der Waals surface area contributed by atoms with E-state index in [9.17, 15) is 4.79 Å². The van der Waals surface area contributed by atoms with E-state index in [0.29, 0.717) is 11.5 Å². The van der Waals surface area contributed by atoms with Crippen LogP contribution in [-0.4, -0.2) is 37.2 Å². The van der Waals surface area contributed by atoms with Crippen LogP contribution in [-0.2, 0) is 10.3 Å². The number of hydrogen-bond donors (Lipinski definition) is 1. The second-order valence-corrected chi connectivity index (χ2v) is 7.10. The summed E-state index contributed by atoms with van der Waals surface area (Å²) in [6, 6.07) is 13.7. The molecule has 2 aromatic rings. The molecule has 1 atom stereocenters. The van der Waals surface area contributed by atoms with Crippen molar-refractivity contribution in [2.75, 3.05) is 20.4 Å². The molecule has 1 unspecified atom stereocenters. The molecule has 0 aliphatic carbocycles. The van der Waals surface area contributed by atoms with Gasteiger partial charge >= 0.3 is 0 Å². The van der Waals surface area contributed by atoms with Crippen molar-refractivity contribution >= 4 is 23.9 Å². The molecule has 1 aliphatic rings. The second-order valence-electron chi connectivity index (χ2n) is 6.60. The van der Waals surface area contributed by atoms with E-state index in [-0.39, 0.29) is 18.3 Å². The van der Waals surface area contributed by atoms with E-state index in [4.69, 9.17) is 14.7 Å². The zero-order valence-electron chi connectivity index (χ0n) is 15.9. The Morgan fingerprint density at radius 2 is 1.93 bits per heavy atom. The molecule has 0 aromatic heterocycles. The van der Waals surface area contributed by atoms with Crippen LogP contribution in [0.25, 0.3) is 11.1 Å². The minimum Gasteiger partial charge on any atom is -0.497 e. The lowest BCUT2D eigenvalue weighted by atomic mass is 9.86. The molecule has 0 spiro atoms. The van der Waals surface area contributed by atoms with Crippen molar-refractivity contribution in [3.8, 4) is 22.6 Å². The third-order valence-corrected chi connectivity index (χ3v) is 5.05. The summed E-state index contributed by atoms with van der Waals surface area (Å²) >= 11 is 1.27. The Kier molecular flexibility index (Phi) is 5.32. The molecule has 7 heteroatoms. The Hall–Kier alpha value is -2.67. The summed E-state index contributed by atoms with van der Waals surface area (Å²) in [6.45, 7) is 1.93. The Morgan fingerprint density at radius 1 is 1.19 bits per heavy atom. The van der Waals surface area contributed by atoms with Gasteiger partial charge in [-0.25, -0.2) is 4.99 Å². The monoisotopic (exact) mass is 385 g/mol. The highest BCUT2D eigenvalue weighted by atomic mass is 32.2. The van der Waals surface area contributed by atoms with Crippen LogP contribution in [0.15, 0.2) is 47.5 Å². The Morgan fingerprint density at radius 3 is 2.59 bits per heavy atom. The van der Waals surface area contributed by atoms with E-state index in [1.807, 2.05) is 55.6 Å². The number of guanidine groups is 1. The molecule has 142 valence electrons. The van der Waals surface area contributed by atoms with Gasteiger partial charge in [-0.3, -0.25) is 9.69 Å². The maximum atomic E-state index is 12.3. The average molecular weight is 385 g/mol. The molecule has 0 saturated heterocycles. The van der Waals surface area contributed by atoms with Crippen LogP contribution in [0.1, 0.15) is 18.9 Å². The third-order valence-electron chi connectivity index (χ3n) is 4.69. The van der Waals surface area contributed by atoms with Gasteiger partial charge in [0.2, 0.25) is 5.91 Å². The highest BCUT2D eigenvalue weighted by Gasteiger charge is 2.36. The maximum absolute atomic E-state index is 12.3. The fourth-order valence-electron chi connectivity index (χ4n) is 3.11. The first-order valence-electron chi connectivity index (χ1n) is 8.49. The third kappa shape index (κ3) is 3.88. The van der Waals surface area contributed by atoms with Crippen LogP contribution in [0.4, 0.5) is 0 Å². The molecule has 0 saturated carbocycles. The molecule has 6 nitrogen and oxygen atoms in total. The van der Waals surface area contributed by atoms with Crippen molar-refractivity contribution in [2.45, 2.75) is 18.9 Å². The smallest absolute Gasteiger partial charge is 0.231 e. The summed E-state index contributed by atoms with van der Waals surface area (Å²) in [6.07, 6.45) is 2.13. The van der Waals surface area contributed by atoms with Crippen LogP contribution in [0.2, 0.25) is 0 Å². The number of carbonyl (C=O) groups excluding carboxylic acids is 1. The minimum absolute atomic E-state index is 0.0487. The average Bonchev–Trinajstić information content (AvgIpc) is 2.66. The van der Waals surface area contributed by atoms with Crippen molar-refractivity contribution in [1.29, 1.82) is 0 Å². The van der Waals surface area contributed by atoms with Gasteiger partial charge in [0.05, 0.1) is 31.1 Å². The van der Waals surface area contributed by atoms with Gasteiger partial charge in [0.15, 0.2) is 5.96 Å². The Bertz CT molecular complexity index is 900. The van der Waals surface area contributed by atoms with E-state index < -0.39 is 5.54 Å². The fraction of sp³-hybridized carbons (Fsp3) is 0.300. The lowest BCUT2D eigenvalue weighted by Gasteiger charge is -2.33. The van der Waals surface area contributed by atoms with Crippen molar-refractivity contribution in [1.82, 2.24) is 4.90 Å². The van der Waals surface area contributed by atoms with Gasteiger partial charge in [-0.15, -0.1) is 0 Å². The first kappa shape index (κ1) is 19.1. The minimum atomic E-state index is -0.693. The number of hydrogen-bond acceptors (Lipinski definition) is 6. The first-order chi connectivity index (χ1) is 12.9. The van der Waals surface area contributed by atoms with Crippen LogP contribution < -0.4 is 14.7 Å². The fourth-order valence-corrected chi connectivity index (χ4v) is 3.40. The maximum Gasteiger partial charge on any atom is 0.231 e. The van der Waals surface area contributed by atoms with Crippen molar-refractivity contribution in [2.24, 2.45) is 10.7 Å². The summed E-state index contributed by atoms with van der Waals surface area (Å²) in [7, 11) is 3.27. The number of rotatable bonds is 5. The van der Waals surface area contributed by atoms with E-state index in [2.05, 4.69) is 4.99 Å². The molecule has 1 heterocycles. The molecule has 3 rings (SSSR count). The van der Waals surface area contributed by atoms with Gasteiger partial charge in [-0.1, -0.05) is 18.2 Å². The topological polar surface area (TPSA) is 77.2 Å². The molecule has 2 N–H and O–H groups in total. The zero-order chi connectivity index (χ0) is 19.6. The van der Waals surface area contributed by atoms with E-state index in [1.54, 1.807) is 14.2 Å². The van der Waals surface area contributed by atoms with Gasteiger partial charge in [0.1, 0.15) is 11.5 Å². The predicted molar refractivity (Wildman–Crippen MR) is 109 cm³/mol. The Balaban J connectivity index is 2.04. The SMILES string of the molecule is COc1cc(OSC)cc(-c2cccc(C3(C)CC(=O)N(C)C(N)=N3)c2)c1. The summed E-state index contributed by atoms with van der Waals surface area (Å²) in [5.41, 5.74) is 8.12. The molecule has 0 fully saturated rings. The molecular formula is C20H23N3O3S. The summed E-state index contributed by atoms with van der Waals surface area (Å²) in [5.74, 6) is 1.61. The molecule has 27 heavy (non-hydrogen) atoms. The zero-order valence-corrected chi connectivity index (χ0v) is 16.7. The van der Waals surface area contributed by atoms with Gasteiger partial charge in [0.25, 0.3) is 0 Å². The number of nitrogens with zero attached hydrogens (tertiary/aromatic N) is 2. The lowest BCUT2D eigenvalue weighted by Crippen LogP contribution is -2.47. The number of carbonyl (C=O) groups is 1. The molecule has 2 aromatic carbocycles. The van der Waals surface area contributed by atoms with Crippen LogP contribution in [0.3, 0.4) is 0 Å². The summed E-state index contributed by atoms with van der Waals surface area (Å²) in [4.78, 5) is 18.2. The van der Waals surface area contributed by atoms with Gasteiger partial charge in [-0.05, 0) is 41.8 Å². The first-order valence-corrected chi connectivity index (χ1v) is 9.64. The highest BCUT2D eigenvalue weighted by molar-refractivity contribution is 7.94. The molecule has 1 aliphatic heterocycles. The predicted octanol–water partition coefficient (Wildman–Crippen LogP) is 3.41. The standard InChI is InChI=1S/C20H23N3O3S/c1-20(12-18(24)23(2)19(21)22-20)15-7-5-6-13(8-15)14-9-16(25-3)11-17(10-14)26-27-4/h5-11H,12H2,1-4H3,(H2,21,22). The van der Waals surface area contributed by atoms with E-state index in [1.165, 1.54) is 16.9 Å². The number of methoxy groups -OCH3 is 1. The molecule has 1 amide bonds. The Labute approximate surface area is 163 Å². The molecule has 0 radical (unpaired) electrons. The highest BCUT2D eigenvalue weighted by Crippen LogP contribution is 2.36. The second kappa shape index (κ2) is 7.52. The normalized spacial score (nSPS) is 19.6. The lowest BCUT2D eigenvalue weighted by molar-refractivity contribution is -0.128. The quantitative estimate of drug-likeness (QED) is 0.798. The number of ether oxygens (including phenoxy) is 1. The van der Waals surface area contributed by atoms with E-state index >= 15 is 0 Å². The van der Waals surface area contributed by atoms with E-state index in [0.717, 1.165) is 16.7 Å².